The minimum absolute atomic E-state index is 0.206. The van der Waals surface area contributed by atoms with Crippen molar-refractivity contribution in [2.24, 2.45) is 5.73 Å². The second kappa shape index (κ2) is 4.00. The van der Waals surface area contributed by atoms with Gasteiger partial charge in [-0.15, -0.1) is 0 Å². The summed E-state index contributed by atoms with van der Waals surface area (Å²) in [5.74, 6) is -0.206. The Labute approximate surface area is 86.7 Å². The van der Waals surface area contributed by atoms with Crippen LogP contribution in [0.3, 0.4) is 0 Å². The van der Waals surface area contributed by atoms with Gasteiger partial charge >= 0.3 is 0 Å². The maximum atomic E-state index is 11.7. The van der Waals surface area contributed by atoms with Gasteiger partial charge in [0.25, 0.3) is 0 Å². The van der Waals surface area contributed by atoms with E-state index in [1.165, 1.54) is 6.26 Å². The van der Waals surface area contributed by atoms with Gasteiger partial charge in [-0.25, -0.2) is 0 Å². The van der Waals surface area contributed by atoms with Gasteiger partial charge in [-0.05, 0) is 6.42 Å². The van der Waals surface area contributed by atoms with Gasteiger partial charge in [0.1, 0.15) is 17.5 Å². The van der Waals surface area contributed by atoms with Gasteiger partial charge in [0.15, 0.2) is 0 Å². The SMILES string of the molecule is NC1(C(=O)NCc2ccon2)CCOC1. The standard InChI is InChI=1S/C9H13N3O3/c10-9(2-4-14-6-9)8(13)11-5-7-1-3-15-12-7/h1,3H,2,4-6,10H2,(H,11,13). The summed E-state index contributed by atoms with van der Waals surface area (Å²) in [5, 5.41) is 6.38. The van der Waals surface area contributed by atoms with Crippen molar-refractivity contribution in [2.45, 2.75) is 18.5 Å². The van der Waals surface area contributed by atoms with Crippen LogP contribution in [0.4, 0.5) is 0 Å². The van der Waals surface area contributed by atoms with Crippen LogP contribution < -0.4 is 11.1 Å². The van der Waals surface area contributed by atoms with Crippen LogP contribution >= 0.6 is 0 Å². The molecule has 0 saturated carbocycles. The number of amides is 1. The summed E-state index contributed by atoms with van der Waals surface area (Å²) in [7, 11) is 0. The predicted octanol–water partition coefficient (Wildman–Crippen LogP) is -0.591. The molecule has 6 nitrogen and oxygen atoms in total. The summed E-state index contributed by atoms with van der Waals surface area (Å²) in [6, 6.07) is 1.69. The van der Waals surface area contributed by atoms with Gasteiger partial charge < -0.3 is 20.3 Å². The average Bonchev–Trinajstić information content (AvgIpc) is 2.85. The molecule has 1 aliphatic heterocycles. The maximum Gasteiger partial charge on any atom is 0.242 e. The number of ether oxygens (including phenoxy) is 1. The van der Waals surface area contributed by atoms with Crippen molar-refractivity contribution in [3.05, 3.63) is 18.0 Å². The first-order valence-electron chi connectivity index (χ1n) is 4.75. The van der Waals surface area contributed by atoms with E-state index in [2.05, 4.69) is 15.0 Å². The summed E-state index contributed by atoms with van der Waals surface area (Å²) in [6.45, 7) is 1.14. The quantitative estimate of drug-likeness (QED) is 0.697. The van der Waals surface area contributed by atoms with Gasteiger partial charge in [-0.3, -0.25) is 4.79 Å². The topological polar surface area (TPSA) is 90.4 Å². The van der Waals surface area contributed by atoms with Gasteiger partial charge in [-0.1, -0.05) is 5.16 Å². The number of rotatable bonds is 3. The van der Waals surface area contributed by atoms with Crippen LogP contribution in [0.25, 0.3) is 0 Å². The van der Waals surface area contributed by atoms with Crippen molar-refractivity contribution in [3.8, 4) is 0 Å². The molecule has 1 aliphatic rings. The van der Waals surface area contributed by atoms with Crippen molar-refractivity contribution in [2.75, 3.05) is 13.2 Å². The molecule has 0 aliphatic carbocycles. The van der Waals surface area contributed by atoms with Crippen molar-refractivity contribution >= 4 is 5.91 Å². The molecule has 1 aromatic rings. The molecule has 0 aromatic carbocycles. The second-order valence-corrected chi connectivity index (χ2v) is 3.63. The van der Waals surface area contributed by atoms with E-state index in [1.54, 1.807) is 6.07 Å². The maximum absolute atomic E-state index is 11.7. The Bertz CT molecular complexity index is 330. The highest BCUT2D eigenvalue weighted by atomic mass is 16.5. The van der Waals surface area contributed by atoms with Crippen LogP contribution in [0.15, 0.2) is 16.9 Å². The number of nitrogens with zero attached hydrogens (tertiary/aromatic N) is 1. The van der Waals surface area contributed by atoms with Gasteiger partial charge in [-0.2, -0.15) is 0 Å². The van der Waals surface area contributed by atoms with Crippen molar-refractivity contribution < 1.29 is 14.1 Å². The van der Waals surface area contributed by atoms with E-state index in [1.807, 2.05) is 0 Å². The van der Waals surface area contributed by atoms with Crippen LogP contribution in [-0.4, -0.2) is 29.8 Å². The van der Waals surface area contributed by atoms with Crippen LogP contribution in [0, 0.1) is 0 Å². The summed E-state index contributed by atoms with van der Waals surface area (Å²) in [6.07, 6.45) is 2.01. The summed E-state index contributed by atoms with van der Waals surface area (Å²) < 4.78 is 9.74. The Kier molecular flexibility index (Phi) is 2.70. The van der Waals surface area contributed by atoms with Crippen LogP contribution in [0.5, 0.6) is 0 Å². The highest BCUT2D eigenvalue weighted by molar-refractivity contribution is 5.86. The fourth-order valence-corrected chi connectivity index (χ4v) is 1.44. The first kappa shape index (κ1) is 10.1. The Hall–Kier alpha value is -1.40. The summed E-state index contributed by atoms with van der Waals surface area (Å²) >= 11 is 0. The third-order valence-electron chi connectivity index (χ3n) is 2.43. The number of nitrogens with two attached hydrogens (primary N) is 1. The average molecular weight is 211 g/mol. The molecule has 0 bridgehead atoms. The van der Waals surface area contributed by atoms with E-state index in [9.17, 15) is 4.79 Å². The lowest BCUT2D eigenvalue weighted by Crippen LogP contribution is -2.54. The number of carbonyl (C=O) groups excluding carboxylic acids is 1. The second-order valence-electron chi connectivity index (χ2n) is 3.63. The number of nitrogens with one attached hydrogen (secondary N) is 1. The largest absolute Gasteiger partial charge is 0.379 e. The molecule has 3 N–H and O–H groups in total. The molecule has 1 unspecified atom stereocenters. The summed E-state index contributed by atoms with van der Waals surface area (Å²) in [5.41, 5.74) is 5.65. The highest BCUT2D eigenvalue weighted by Crippen LogP contribution is 2.15. The molecule has 1 atom stereocenters. The normalized spacial score (nSPS) is 25.4. The van der Waals surface area contributed by atoms with Crippen LogP contribution in [0.1, 0.15) is 12.1 Å². The molecule has 15 heavy (non-hydrogen) atoms. The third-order valence-corrected chi connectivity index (χ3v) is 2.43. The zero-order valence-electron chi connectivity index (χ0n) is 8.23. The monoisotopic (exact) mass is 211 g/mol. The predicted molar refractivity (Wildman–Crippen MR) is 50.7 cm³/mol. The molecule has 82 valence electrons. The molecule has 6 heteroatoms. The zero-order valence-corrected chi connectivity index (χ0v) is 8.23. The third kappa shape index (κ3) is 2.16. The van der Waals surface area contributed by atoms with E-state index in [0.29, 0.717) is 25.3 Å². The lowest BCUT2D eigenvalue weighted by Gasteiger charge is -2.19. The number of hydrogen-bond donors (Lipinski definition) is 2. The molecule has 2 heterocycles. The fraction of sp³-hybridized carbons (Fsp3) is 0.556. The van der Waals surface area contributed by atoms with E-state index in [0.717, 1.165) is 0 Å². The summed E-state index contributed by atoms with van der Waals surface area (Å²) in [4.78, 5) is 11.7. The van der Waals surface area contributed by atoms with E-state index in [-0.39, 0.29) is 12.5 Å². The minimum Gasteiger partial charge on any atom is -0.379 e. The first-order valence-corrected chi connectivity index (χ1v) is 4.75. The van der Waals surface area contributed by atoms with Gasteiger partial charge in [0, 0.05) is 12.7 Å². The molecule has 1 fully saturated rings. The Balaban J connectivity index is 1.87. The molecule has 0 radical (unpaired) electrons. The van der Waals surface area contributed by atoms with Gasteiger partial charge in [0.05, 0.1) is 13.2 Å². The van der Waals surface area contributed by atoms with E-state index >= 15 is 0 Å². The number of carbonyl (C=O) groups is 1. The molecule has 1 amide bonds. The van der Waals surface area contributed by atoms with Crippen molar-refractivity contribution in [1.29, 1.82) is 0 Å². The Morgan fingerprint density at radius 1 is 1.73 bits per heavy atom. The highest BCUT2D eigenvalue weighted by Gasteiger charge is 2.37. The molecule has 2 rings (SSSR count). The molecular formula is C9H13N3O3. The minimum atomic E-state index is -0.885. The first-order chi connectivity index (χ1) is 7.21. The van der Waals surface area contributed by atoms with Crippen LogP contribution in [0.2, 0.25) is 0 Å². The Morgan fingerprint density at radius 3 is 3.20 bits per heavy atom. The van der Waals surface area contributed by atoms with E-state index < -0.39 is 5.54 Å². The lowest BCUT2D eigenvalue weighted by atomic mass is 9.99. The number of aromatic nitrogens is 1. The lowest BCUT2D eigenvalue weighted by molar-refractivity contribution is -0.126. The molecule has 1 aromatic heterocycles. The van der Waals surface area contributed by atoms with Crippen molar-refractivity contribution in [3.63, 3.8) is 0 Å². The number of hydrogen-bond acceptors (Lipinski definition) is 5. The Morgan fingerprint density at radius 2 is 2.60 bits per heavy atom. The van der Waals surface area contributed by atoms with E-state index in [4.69, 9.17) is 10.5 Å². The molecule has 1 saturated heterocycles. The molecular weight excluding hydrogens is 198 g/mol. The smallest absolute Gasteiger partial charge is 0.242 e. The zero-order chi connectivity index (χ0) is 10.7. The van der Waals surface area contributed by atoms with Crippen molar-refractivity contribution in [1.82, 2.24) is 10.5 Å². The van der Waals surface area contributed by atoms with Gasteiger partial charge in [0.2, 0.25) is 5.91 Å². The van der Waals surface area contributed by atoms with Crippen LogP contribution in [-0.2, 0) is 16.1 Å². The molecule has 0 spiro atoms. The fourth-order valence-electron chi connectivity index (χ4n) is 1.44.